The highest BCUT2D eigenvalue weighted by Gasteiger charge is 2.33. The first-order valence-corrected chi connectivity index (χ1v) is 10.6. The van der Waals surface area contributed by atoms with E-state index >= 15 is 0 Å². The summed E-state index contributed by atoms with van der Waals surface area (Å²) in [7, 11) is 0. The molecule has 0 aromatic heterocycles. The molecule has 0 bridgehead atoms. The maximum Gasteiger partial charge on any atom is 0.253 e. The predicted molar refractivity (Wildman–Crippen MR) is 115 cm³/mol. The molecule has 1 atom stereocenters. The number of carbonyl (C=O) groups excluding carboxylic acids is 2. The Hall–Kier alpha value is -2.53. The lowest BCUT2D eigenvalue weighted by molar-refractivity contribution is -0.137. The second-order valence-electron chi connectivity index (χ2n) is 7.75. The third-order valence-electron chi connectivity index (χ3n) is 5.84. The van der Waals surface area contributed by atoms with Gasteiger partial charge in [0.25, 0.3) is 5.91 Å². The molecule has 0 aliphatic carbocycles. The van der Waals surface area contributed by atoms with Crippen LogP contribution in [0.5, 0.6) is 0 Å². The number of piperazine rings is 1. The minimum absolute atomic E-state index is 0.0427. The van der Waals surface area contributed by atoms with Gasteiger partial charge in [0.1, 0.15) is 0 Å². The average molecular weight is 412 g/mol. The summed E-state index contributed by atoms with van der Waals surface area (Å²) in [4.78, 5) is 32.0. The predicted octanol–water partition coefficient (Wildman–Crippen LogP) is 3.54. The highest BCUT2D eigenvalue weighted by atomic mass is 35.5. The summed E-state index contributed by atoms with van der Waals surface area (Å²) in [5, 5.41) is 0.553. The van der Waals surface area contributed by atoms with E-state index < -0.39 is 0 Å². The molecule has 29 heavy (non-hydrogen) atoms. The quantitative estimate of drug-likeness (QED) is 0.775. The zero-order valence-corrected chi connectivity index (χ0v) is 17.2. The van der Waals surface area contributed by atoms with Gasteiger partial charge in [-0.25, -0.2) is 0 Å². The molecule has 0 N–H and O–H groups in total. The molecule has 2 aromatic rings. The van der Waals surface area contributed by atoms with Crippen molar-refractivity contribution >= 4 is 29.1 Å². The van der Waals surface area contributed by atoms with Gasteiger partial charge in [-0.1, -0.05) is 35.9 Å². The molecule has 2 saturated heterocycles. The number of halogens is 1. The SMILES string of the molecule is O=C(c1cccc(Cl)c1)N1CCC[C@H](C(=O)N2CCN(c3ccccc3)CC2)C1. The number of rotatable bonds is 3. The first-order valence-electron chi connectivity index (χ1n) is 10.3. The minimum atomic E-state index is -0.116. The zero-order valence-electron chi connectivity index (χ0n) is 16.5. The van der Waals surface area contributed by atoms with Crippen molar-refractivity contribution in [3.05, 3.63) is 65.2 Å². The first-order chi connectivity index (χ1) is 14.1. The van der Waals surface area contributed by atoms with Crippen molar-refractivity contribution in [1.29, 1.82) is 0 Å². The molecule has 2 fully saturated rings. The van der Waals surface area contributed by atoms with Crippen LogP contribution in [-0.4, -0.2) is 60.9 Å². The Balaban J connectivity index is 1.35. The number of para-hydroxylation sites is 1. The third-order valence-corrected chi connectivity index (χ3v) is 6.08. The van der Waals surface area contributed by atoms with Crippen LogP contribution >= 0.6 is 11.6 Å². The van der Waals surface area contributed by atoms with Crippen molar-refractivity contribution in [2.75, 3.05) is 44.2 Å². The van der Waals surface area contributed by atoms with Crippen LogP contribution in [0.3, 0.4) is 0 Å². The third kappa shape index (κ3) is 4.56. The number of piperidine rings is 1. The standard InChI is InChI=1S/C23H26ClN3O2/c24-20-8-4-6-18(16-20)22(28)27-11-5-7-19(17-27)23(29)26-14-12-25(13-15-26)21-9-2-1-3-10-21/h1-4,6,8-10,16,19H,5,7,11-15,17H2/t19-/m0/s1. The fourth-order valence-electron chi connectivity index (χ4n) is 4.25. The summed E-state index contributed by atoms with van der Waals surface area (Å²) in [6.45, 7) is 4.32. The molecule has 5 nitrogen and oxygen atoms in total. The molecular formula is C23H26ClN3O2. The van der Waals surface area contributed by atoms with Crippen molar-refractivity contribution in [1.82, 2.24) is 9.80 Å². The molecule has 2 aliphatic heterocycles. The second kappa shape index (κ2) is 8.87. The van der Waals surface area contributed by atoms with Gasteiger partial charge in [-0.3, -0.25) is 9.59 Å². The van der Waals surface area contributed by atoms with Crippen LogP contribution in [0.25, 0.3) is 0 Å². The maximum atomic E-state index is 13.1. The van der Waals surface area contributed by atoms with Crippen LogP contribution in [0, 0.1) is 5.92 Å². The van der Waals surface area contributed by atoms with E-state index in [1.807, 2.05) is 23.1 Å². The van der Waals surface area contributed by atoms with E-state index in [0.717, 1.165) is 39.0 Å². The molecule has 4 rings (SSSR count). The van der Waals surface area contributed by atoms with Crippen molar-refractivity contribution < 1.29 is 9.59 Å². The lowest BCUT2D eigenvalue weighted by Crippen LogP contribution is -2.53. The fraction of sp³-hybridized carbons (Fsp3) is 0.391. The van der Waals surface area contributed by atoms with Crippen LogP contribution in [-0.2, 0) is 4.79 Å². The van der Waals surface area contributed by atoms with E-state index in [1.165, 1.54) is 5.69 Å². The smallest absolute Gasteiger partial charge is 0.253 e. The van der Waals surface area contributed by atoms with Gasteiger partial charge in [-0.05, 0) is 43.2 Å². The Morgan fingerprint density at radius 2 is 1.62 bits per heavy atom. The summed E-state index contributed by atoms with van der Waals surface area (Å²) < 4.78 is 0. The molecule has 6 heteroatoms. The van der Waals surface area contributed by atoms with Crippen molar-refractivity contribution in [2.24, 2.45) is 5.92 Å². The molecular weight excluding hydrogens is 386 g/mol. The van der Waals surface area contributed by atoms with Crippen molar-refractivity contribution in [3.8, 4) is 0 Å². The van der Waals surface area contributed by atoms with Gasteiger partial charge in [0, 0.05) is 55.5 Å². The number of carbonyl (C=O) groups is 2. The van der Waals surface area contributed by atoms with E-state index in [-0.39, 0.29) is 17.7 Å². The minimum Gasteiger partial charge on any atom is -0.368 e. The molecule has 0 radical (unpaired) electrons. The van der Waals surface area contributed by atoms with Gasteiger partial charge in [0.2, 0.25) is 5.91 Å². The van der Waals surface area contributed by atoms with E-state index in [0.29, 0.717) is 23.7 Å². The Morgan fingerprint density at radius 1 is 0.862 bits per heavy atom. The van der Waals surface area contributed by atoms with Crippen molar-refractivity contribution in [2.45, 2.75) is 12.8 Å². The first kappa shape index (κ1) is 19.8. The van der Waals surface area contributed by atoms with Gasteiger partial charge < -0.3 is 14.7 Å². The number of hydrogen-bond donors (Lipinski definition) is 0. The summed E-state index contributed by atoms with van der Waals surface area (Å²) in [5.74, 6) is 0.0235. The van der Waals surface area contributed by atoms with Gasteiger partial charge in [0.05, 0.1) is 5.92 Å². The molecule has 0 saturated carbocycles. The molecule has 2 aromatic carbocycles. The number of benzene rings is 2. The average Bonchev–Trinajstić information content (AvgIpc) is 2.79. The lowest BCUT2D eigenvalue weighted by atomic mass is 9.95. The number of amides is 2. The Bertz CT molecular complexity index is 865. The summed E-state index contributed by atoms with van der Waals surface area (Å²) in [5.41, 5.74) is 1.79. The second-order valence-corrected chi connectivity index (χ2v) is 8.18. The van der Waals surface area contributed by atoms with E-state index in [9.17, 15) is 9.59 Å². The van der Waals surface area contributed by atoms with E-state index in [4.69, 9.17) is 11.6 Å². The molecule has 0 spiro atoms. The van der Waals surface area contributed by atoms with E-state index in [1.54, 1.807) is 29.2 Å². The lowest BCUT2D eigenvalue weighted by Gasteiger charge is -2.39. The van der Waals surface area contributed by atoms with Crippen LogP contribution in [0.1, 0.15) is 23.2 Å². The maximum absolute atomic E-state index is 13.1. The summed E-state index contributed by atoms with van der Waals surface area (Å²) in [6, 6.07) is 17.3. The zero-order chi connectivity index (χ0) is 20.2. The monoisotopic (exact) mass is 411 g/mol. The van der Waals surface area contributed by atoms with E-state index in [2.05, 4.69) is 17.0 Å². The fourth-order valence-corrected chi connectivity index (χ4v) is 4.44. The Labute approximate surface area is 176 Å². The normalized spacial score (nSPS) is 19.9. The number of hydrogen-bond acceptors (Lipinski definition) is 3. The molecule has 2 amide bonds. The van der Waals surface area contributed by atoms with Gasteiger partial charge in [0.15, 0.2) is 0 Å². The van der Waals surface area contributed by atoms with Gasteiger partial charge in [-0.15, -0.1) is 0 Å². The molecule has 152 valence electrons. The summed E-state index contributed by atoms with van der Waals surface area (Å²) in [6.07, 6.45) is 1.70. The molecule has 2 aliphatic rings. The van der Waals surface area contributed by atoms with Crippen LogP contribution in [0.2, 0.25) is 5.02 Å². The Kier molecular flexibility index (Phi) is 6.05. The summed E-state index contributed by atoms with van der Waals surface area (Å²) >= 11 is 6.03. The van der Waals surface area contributed by atoms with Crippen LogP contribution in [0.4, 0.5) is 5.69 Å². The largest absolute Gasteiger partial charge is 0.368 e. The highest BCUT2D eigenvalue weighted by Crippen LogP contribution is 2.23. The number of nitrogens with zero attached hydrogens (tertiary/aromatic N) is 3. The molecule has 2 heterocycles. The Morgan fingerprint density at radius 3 is 2.34 bits per heavy atom. The van der Waals surface area contributed by atoms with Gasteiger partial charge >= 0.3 is 0 Å². The number of likely N-dealkylation sites (tertiary alicyclic amines) is 1. The number of anilines is 1. The van der Waals surface area contributed by atoms with Crippen LogP contribution in [0.15, 0.2) is 54.6 Å². The van der Waals surface area contributed by atoms with Crippen LogP contribution < -0.4 is 4.90 Å². The molecule has 0 unspecified atom stereocenters. The highest BCUT2D eigenvalue weighted by molar-refractivity contribution is 6.30. The van der Waals surface area contributed by atoms with Crippen molar-refractivity contribution in [3.63, 3.8) is 0 Å². The topological polar surface area (TPSA) is 43.9 Å². The van der Waals surface area contributed by atoms with Gasteiger partial charge in [-0.2, -0.15) is 0 Å².